The van der Waals surface area contributed by atoms with E-state index in [1.807, 2.05) is 19.1 Å². The van der Waals surface area contributed by atoms with Gasteiger partial charge in [0.2, 0.25) is 0 Å². The number of aryl methyl sites for hydroxylation is 1. The number of alkyl halides is 3. The number of halogens is 3. The van der Waals surface area contributed by atoms with Gasteiger partial charge in [-0.25, -0.2) is 14.3 Å². The number of methoxy groups -OCH3 is 1. The standard InChI is InChI=1S/C20H25F3N4O3/c1-12-9-16(17-11-26(7-8-30-17)19(28)29-2)27-18(24-12)10-15(25-27)13-3-5-14(6-4-13)20(21,22)23/h9-10,13-14,17H,3-8,11H2,1-2H3/t13-,14-,17?. The molecule has 2 aliphatic rings. The second-order valence-electron chi connectivity index (χ2n) is 8.03. The van der Waals surface area contributed by atoms with Crippen molar-refractivity contribution in [2.75, 3.05) is 26.8 Å². The Morgan fingerprint density at radius 3 is 2.63 bits per heavy atom. The number of hydrogen-bond acceptors (Lipinski definition) is 5. The maximum absolute atomic E-state index is 13.0. The van der Waals surface area contributed by atoms with Gasteiger partial charge in [-0.05, 0) is 38.7 Å². The van der Waals surface area contributed by atoms with Crippen molar-refractivity contribution in [3.05, 3.63) is 29.2 Å². The number of aromatic nitrogens is 3. The van der Waals surface area contributed by atoms with Crippen LogP contribution in [-0.4, -0.2) is 58.6 Å². The Morgan fingerprint density at radius 1 is 1.23 bits per heavy atom. The molecule has 1 aliphatic carbocycles. The molecule has 1 aliphatic heterocycles. The molecule has 0 bridgehead atoms. The molecule has 30 heavy (non-hydrogen) atoms. The molecule has 0 radical (unpaired) electrons. The summed E-state index contributed by atoms with van der Waals surface area (Å²) in [7, 11) is 1.34. The van der Waals surface area contributed by atoms with Crippen LogP contribution in [0.5, 0.6) is 0 Å². The van der Waals surface area contributed by atoms with Gasteiger partial charge in [-0.3, -0.25) is 0 Å². The van der Waals surface area contributed by atoms with E-state index in [9.17, 15) is 18.0 Å². The Kier molecular flexibility index (Phi) is 5.61. The fraction of sp³-hybridized carbons (Fsp3) is 0.650. The number of hydrogen-bond donors (Lipinski definition) is 0. The summed E-state index contributed by atoms with van der Waals surface area (Å²) in [4.78, 5) is 18.0. The van der Waals surface area contributed by atoms with E-state index in [1.165, 1.54) is 7.11 Å². The first kappa shape index (κ1) is 20.9. The second-order valence-corrected chi connectivity index (χ2v) is 8.03. The SMILES string of the molecule is COC(=O)N1CCOC(c2cc(C)nc3cc([C@H]4CC[C@H](C(F)(F)F)CC4)nn23)C1. The van der Waals surface area contributed by atoms with Crippen LogP contribution in [0.4, 0.5) is 18.0 Å². The molecule has 1 unspecified atom stereocenters. The molecule has 4 rings (SSSR count). The quantitative estimate of drug-likeness (QED) is 0.726. The minimum atomic E-state index is -4.13. The zero-order valence-electron chi connectivity index (χ0n) is 17.0. The van der Waals surface area contributed by atoms with Gasteiger partial charge in [0.15, 0.2) is 5.65 Å². The molecule has 3 heterocycles. The van der Waals surface area contributed by atoms with E-state index in [0.717, 1.165) is 17.1 Å². The zero-order valence-corrected chi connectivity index (χ0v) is 17.0. The summed E-state index contributed by atoms with van der Waals surface area (Å²) in [6, 6.07) is 3.73. The predicted molar refractivity (Wildman–Crippen MR) is 101 cm³/mol. The Morgan fingerprint density at radius 2 is 1.97 bits per heavy atom. The van der Waals surface area contributed by atoms with Crippen LogP contribution >= 0.6 is 0 Å². The summed E-state index contributed by atoms with van der Waals surface area (Å²) in [6.45, 7) is 3.02. The smallest absolute Gasteiger partial charge is 0.409 e. The summed E-state index contributed by atoms with van der Waals surface area (Å²) in [6.07, 6.45) is -3.76. The van der Waals surface area contributed by atoms with E-state index < -0.39 is 24.3 Å². The van der Waals surface area contributed by atoms with Crippen molar-refractivity contribution < 1.29 is 27.4 Å². The van der Waals surface area contributed by atoms with Crippen molar-refractivity contribution >= 4 is 11.7 Å². The number of ether oxygens (including phenoxy) is 2. The average molecular weight is 426 g/mol. The van der Waals surface area contributed by atoms with Crippen LogP contribution in [0.3, 0.4) is 0 Å². The van der Waals surface area contributed by atoms with E-state index in [-0.39, 0.29) is 18.8 Å². The molecule has 10 heteroatoms. The first-order valence-corrected chi connectivity index (χ1v) is 10.1. The van der Waals surface area contributed by atoms with Gasteiger partial charge in [-0.15, -0.1) is 0 Å². The average Bonchev–Trinajstić information content (AvgIpc) is 3.16. The van der Waals surface area contributed by atoms with Crippen molar-refractivity contribution in [1.82, 2.24) is 19.5 Å². The highest BCUT2D eigenvalue weighted by Crippen LogP contribution is 2.42. The first-order valence-electron chi connectivity index (χ1n) is 10.1. The van der Waals surface area contributed by atoms with Gasteiger partial charge in [0, 0.05) is 24.2 Å². The molecular weight excluding hydrogens is 401 g/mol. The Hall–Kier alpha value is -2.36. The predicted octanol–water partition coefficient (Wildman–Crippen LogP) is 4.01. The summed E-state index contributed by atoms with van der Waals surface area (Å²) >= 11 is 0. The number of carbonyl (C=O) groups excluding carboxylic acids is 1. The van der Waals surface area contributed by atoms with Crippen molar-refractivity contribution in [3.63, 3.8) is 0 Å². The maximum atomic E-state index is 13.0. The topological polar surface area (TPSA) is 69.0 Å². The normalized spacial score (nSPS) is 25.5. The minimum Gasteiger partial charge on any atom is -0.453 e. The van der Waals surface area contributed by atoms with Gasteiger partial charge in [0.25, 0.3) is 0 Å². The van der Waals surface area contributed by atoms with Gasteiger partial charge >= 0.3 is 12.3 Å². The number of rotatable bonds is 2. The maximum Gasteiger partial charge on any atom is 0.409 e. The highest BCUT2D eigenvalue weighted by molar-refractivity contribution is 5.67. The number of carbonyl (C=O) groups is 1. The van der Waals surface area contributed by atoms with Crippen LogP contribution in [0.2, 0.25) is 0 Å². The zero-order chi connectivity index (χ0) is 21.5. The molecule has 2 aromatic rings. The first-order chi connectivity index (χ1) is 14.3. The Labute approximate surface area is 172 Å². The molecular formula is C20H25F3N4O3. The van der Waals surface area contributed by atoms with Crippen LogP contribution in [0.1, 0.15) is 54.8 Å². The Balaban J connectivity index is 1.59. The summed E-state index contributed by atoms with van der Waals surface area (Å²) in [5.74, 6) is -1.24. The lowest BCUT2D eigenvalue weighted by Gasteiger charge is -2.32. The van der Waals surface area contributed by atoms with E-state index in [4.69, 9.17) is 9.47 Å². The Bertz CT molecular complexity index is 922. The third kappa shape index (κ3) is 4.10. The summed E-state index contributed by atoms with van der Waals surface area (Å²) in [5.41, 5.74) is 2.94. The molecule has 0 N–H and O–H groups in total. The lowest BCUT2D eigenvalue weighted by atomic mass is 9.80. The molecule has 2 aromatic heterocycles. The highest BCUT2D eigenvalue weighted by atomic mass is 19.4. The fourth-order valence-electron chi connectivity index (χ4n) is 4.42. The van der Waals surface area contributed by atoms with E-state index >= 15 is 0 Å². The molecule has 0 aromatic carbocycles. The minimum absolute atomic E-state index is 0.0164. The van der Waals surface area contributed by atoms with Crippen LogP contribution in [-0.2, 0) is 9.47 Å². The molecule has 1 amide bonds. The van der Waals surface area contributed by atoms with E-state index in [0.29, 0.717) is 38.2 Å². The highest BCUT2D eigenvalue weighted by Gasteiger charge is 2.42. The monoisotopic (exact) mass is 426 g/mol. The largest absolute Gasteiger partial charge is 0.453 e. The van der Waals surface area contributed by atoms with Crippen LogP contribution < -0.4 is 0 Å². The lowest BCUT2D eigenvalue weighted by Crippen LogP contribution is -2.42. The van der Waals surface area contributed by atoms with Crippen molar-refractivity contribution in [1.29, 1.82) is 0 Å². The molecule has 1 saturated carbocycles. The molecule has 1 atom stereocenters. The number of fused-ring (bicyclic) bond motifs is 1. The summed E-state index contributed by atoms with van der Waals surface area (Å²) < 4.78 is 51.3. The third-order valence-corrected chi connectivity index (χ3v) is 6.04. The number of nitrogens with zero attached hydrogens (tertiary/aromatic N) is 4. The van der Waals surface area contributed by atoms with Crippen molar-refractivity contribution in [3.8, 4) is 0 Å². The van der Waals surface area contributed by atoms with Crippen molar-refractivity contribution in [2.45, 2.75) is 50.8 Å². The van der Waals surface area contributed by atoms with Gasteiger partial charge in [0.1, 0.15) is 6.10 Å². The third-order valence-electron chi connectivity index (χ3n) is 6.04. The van der Waals surface area contributed by atoms with E-state index in [1.54, 1.807) is 9.42 Å². The van der Waals surface area contributed by atoms with Gasteiger partial charge in [0.05, 0.1) is 37.6 Å². The second kappa shape index (κ2) is 8.05. The number of morpholine rings is 1. The fourth-order valence-corrected chi connectivity index (χ4v) is 4.42. The molecule has 7 nitrogen and oxygen atoms in total. The molecule has 1 saturated heterocycles. The van der Waals surface area contributed by atoms with Gasteiger partial charge < -0.3 is 14.4 Å². The molecule has 2 fully saturated rings. The lowest BCUT2D eigenvalue weighted by molar-refractivity contribution is -0.182. The van der Waals surface area contributed by atoms with Gasteiger partial charge in [-0.1, -0.05) is 0 Å². The summed E-state index contributed by atoms with van der Waals surface area (Å²) in [5, 5.41) is 4.69. The van der Waals surface area contributed by atoms with Crippen LogP contribution in [0, 0.1) is 12.8 Å². The van der Waals surface area contributed by atoms with Crippen LogP contribution in [0.15, 0.2) is 12.1 Å². The van der Waals surface area contributed by atoms with E-state index in [2.05, 4.69) is 10.1 Å². The molecule has 164 valence electrons. The number of amides is 1. The molecule has 0 spiro atoms. The van der Waals surface area contributed by atoms with Gasteiger partial charge in [-0.2, -0.15) is 18.3 Å². The van der Waals surface area contributed by atoms with Crippen molar-refractivity contribution in [2.24, 2.45) is 5.92 Å². The van der Waals surface area contributed by atoms with Crippen LogP contribution in [0.25, 0.3) is 5.65 Å².